The van der Waals surface area contributed by atoms with E-state index in [2.05, 4.69) is 38.0 Å². The second kappa shape index (κ2) is 14.1. The highest BCUT2D eigenvalue weighted by Gasteiger charge is 2.39. The fraction of sp³-hybridized carbons (Fsp3) is 0.444. The first-order chi connectivity index (χ1) is 23.8. The molecule has 1 unspecified atom stereocenters. The zero-order valence-corrected chi connectivity index (χ0v) is 28.0. The predicted octanol–water partition coefficient (Wildman–Crippen LogP) is 4.37. The molecule has 254 valence electrons. The molecule has 1 aromatic carbocycles. The number of benzene rings is 1. The van der Waals surface area contributed by atoms with Crippen molar-refractivity contribution >= 4 is 41.0 Å². The van der Waals surface area contributed by atoms with Gasteiger partial charge in [0.15, 0.2) is 0 Å². The molecule has 4 aliphatic heterocycles. The number of pyridine rings is 2. The summed E-state index contributed by atoms with van der Waals surface area (Å²) < 4.78 is 5.45. The van der Waals surface area contributed by atoms with Crippen molar-refractivity contribution < 1.29 is 19.1 Å². The number of fused-ring (bicyclic) bond motifs is 1. The number of anilines is 2. The molecule has 49 heavy (non-hydrogen) atoms. The van der Waals surface area contributed by atoms with Crippen molar-refractivity contribution in [3.05, 3.63) is 70.4 Å². The Labute approximate surface area is 290 Å². The van der Waals surface area contributed by atoms with Crippen molar-refractivity contribution in [2.24, 2.45) is 5.41 Å². The van der Waals surface area contributed by atoms with Gasteiger partial charge in [0.1, 0.15) is 17.7 Å². The van der Waals surface area contributed by atoms with E-state index in [1.54, 1.807) is 11.1 Å². The molecule has 0 radical (unpaired) electrons. The Hall–Kier alpha value is -4.57. The number of amides is 3. The van der Waals surface area contributed by atoms with E-state index < -0.39 is 17.4 Å². The van der Waals surface area contributed by atoms with Gasteiger partial charge in [-0.2, -0.15) is 5.26 Å². The van der Waals surface area contributed by atoms with Crippen LogP contribution in [-0.4, -0.2) is 82.4 Å². The maximum absolute atomic E-state index is 13.1. The number of halogens is 1. The van der Waals surface area contributed by atoms with Crippen molar-refractivity contribution in [2.45, 2.75) is 63.7 Å². The Balaban J connectivity index is 0.932. The Bertz CT molecular complexity index is 1800. The summed E-state index contributed by atoms with van der Waals surface area (Å²) in [5.41, 5.74) is 3.74. The third kappa shape index (κ3) is 7.25. The minimum atomic E-state index is -0.609. The Morgan fingerprint density at radius 1 is 1.04 bits per heavy atom. The van der Waals surface area contributed by atoms with E-state index in [0.717, 1.165) is 60.7 Å². The topological polar surface area (TPSA) is 153 Å². The number of nitriles is 1. The van der Waals surface area contributed by atoms with Crippen molar-refractivity contribution in [3.8, 4) is 17.3 Å². The number of ether oxygens (including phenoxy) is 1. The molecule has 4 aliphatic rings. The molecule has 3 fully saturated rings. The zero-order valence-electron chi connectivity index (χ0n) is 27.2. The van der Waals surface area contributed by atoms with Crippen molar-refractivity contribution in [3.63, 3.8) is 0 Å². The first kappa shape index (κ1) is 33.0. The van der Waals surface area contributed by atoms with Crippen LogP contribution in [-0.2, 0) is 27.4 Å². The molecule has 13 heteroatoms. The van der Waals surface area contributed by atoms with E-state index in [1.165, 1.54) is 0 Å². The quantitative estimate of drug-likeness (QED) is 0.278. The Morgan fingerprint density at radius 3 is 2.63 bits per heavy atom. The third-order valence-electron chi connectivity index (χ3n) is 10.1. The number of carbonyl (C=O) groups is 3. The molecule has 1 atom stereocenters. The van der Waals surface area contributed by atoms with Crippen LogP contribution in [0, 0.1) is 16.7 Å². The second-order valence-electron chi connectivity index (χ2n) is 13.4. The molecule has 3 aromatic rings. The average molecular weight is 683 g/mol. The molecular weight excluding hydrogens is 644 g/mol. The smallest absolute Gasteiger partial charge is 0.255 e. The van der Waals surface area contributed by atoms with Gasteiger partial charge in [0.25, 0.3) is 5.91 Å². The van der Waals surface area contributed by atoms with Crippen LogP contribution in [0.3, 0.4) is 0 Å². The summed E-state index contributed by atoms with van der Waals surface area (Å²) in [6.45, 7) is 4.66. The molecule has 0 saturated carbocycles. The number of rotatable bonds is 9. The summed E-state index contributed by atoms with van der Waals surface area (Å²) in [4.78, 5) is 50.4. The highest BCUT2D eigenvalue weighted by atomic mass is 35.5. The average Bonchev–Trinajstić information content (AvgIpc) is 3.44. The summed E-state index contributed by atoms with van der Waals surface area (Å²) in [5.74, 6) is 0.600. The van der Waals surface area contributed by atoms with Crippen molar-refractivity contribution in [2.75, 3.05) is 43.5 Å². The fourth-order valence-electron chi connectivity index (χ4n) is 7.18. The van der Waals surface area contributed by atoms with Gasteiger partial charge in [-0.1, -0.05) is 29.8 Å². The van der Waals surface area contributed by atoms with Crippen LogP contribution in [0.4, 0.5) is 11.6 Å². The lowest BCUT2D eigenvalue weighted by Crippen LogP contribution is -2.52. The second-order valence-corrected chi connectivity index (χ2v) is 13.8. The molecule has 6 heterocycles. The van der Waals surface area contributed by atoms with E-state index in [0.29, 0.717) is 62.0 Å². The number of imide groups is 1. The zero-order chi connectivity index (χ0) is 34.0. The third-order valence-corrected chi connectivity index (χ3v) is 10.4. The van der Waals surface area contributed by atoms with Gasteiger partial charge in [0, 0.05) is 75.7 Å². The summed E-state index contributed by atoms with van der Waals surface area (Å²) in [5, 5.41) is 19.6. The lowest BCUT2D eigenvalue weighted by Gasteiger charge is -2.32. The molecule has 3 N–H and O–H groups in total. The highest BCUT2D eigenvalue weighted by molar-refractivity contribution is 6.33. The highest BCUT2D eigenvalue weighted by Crippen LogP contribution is 2.33. The normalized spacial score (nSPS) is 21.2. The lowest BCUT2D eigenvalue weighted by molar-refractivity contribution is -0.136. The van der Waals surface area contributed by atoms with Crippen LogP contribution in [0.1, 0.15) is 60.0 Å². The van der Waals surface area contributed by atoms with Crippen LogP contribution in [0.15, 0.2) is 48.7 Å². The van der Waals surface area contributed by atoms with E-state index in [-0.39, 0.29) is 24.3 Å². The van der Waals surface area contributed by atoms with Gasteiger partial charge < -0.3 is 20.3 Å². The molecule has 3 saturated heterocycles. The monoisotopic (exact) mass is 682 g/mol. The SMILES string of the molecule is N#CC1(CNc2cccc(-c3cc(NC4CCN(Cc5ccc6c(c5)CN(C5CCC(=O)NC5=O)C6=O)CC4)ncc3Cl)n2)CCOCC1. The van der Waals surface area contributed by atoms with Gasteiger partial charge in [-0.15, -0.1) is 0 Å². The Morgan fingerprint density at radius 2 is 1.86 bits per heavy atom. The molecule has 12 nitrogen and oxygen atoms in total. The van der Waals surface area contributed by atoms with Crippen LogP contribution in [0.2, 0.25) is 5.02 Å². The molecule has 0 bridgehead atoms. The minimum Gasteiger partial charge on any atom is -0.381 e. The van der Waals surface area contributed by atoms with Crippen LogP contribution >= 0.6 is 11.6 Å². The van der Waals surface area contributed by atoms with Gasteiger partial charge in [0.05, 0.1) is 22.2 Å². The largest absolute Gasteiger partial charge is 0.381 e. The van der Waals surface area contributed by atoms with Gasteiger partial charge >= 0.3 is 0 Å². The van der Waals surface area contributed by atoms with E-state index in [4.69, 9.17) is 21.3 Å². The summed E-state index contributed by atoms with van der Waals surface area (Å²) in [7, 11) is 0. The number of nitrogens with zero attached hydrogens (tertiary/aromatic N) is 5. The maximum atomic E-state index is 13.1. The number of nitrogens with one attached hydrogen (secondary N) is 3. The van der Waals surface area contributed by atoms with E-state index >= 15 is 0 Å². The molecule has 3 amide bonds. The number of hydrogen-bond acceptors (Lipinski definition) is 10. The number of hydrogen-bond donors (Lipinski definition) is 3. The van der Waals surface area contributed by atoms with Crippen molar-refractivity contribution in [1.82, 2.24) is 25.1 Å². The number of piperidine rings is 2. The van der Waals surface area contributed by atoms with E-state index in [9.17, 15) is 19.6 Å². The number of aromatic nitrogens is 2. The molecular formula is C36H39ClN8O4. The predicted molar refractivity (Wildman–Crippen MR) is 183 cm³/mol. The number of likely N-dealkylation sites (tertiary alicyclic amines) is 1. The van der Waals surface area contributed by atoms with Crippen LogP contribution < -0.4 is 16.0 Å². The van der Waals surface area contributed by atoms with E-state index in [1.807, 2.05) is 36.4 Å². The maximum Gasteiger partial charge on any atom is 0.255 e. The minimum absolute atomic E-state index is 0.152. The number of carbonyl (C=O) groups excluding carboxylic acids is 3. The molecule has 0 aliphatic carbocycles. The fourth-order valence-corrected chi connectivity index (χ4v) is 7.38. The first-order valence-corrected chi connectivity index (χ1v) is 17.3. The van der Waals surface area contributed by atoms with Gasteiger partial charge in [-0.25, -0.2) is 9.97 Å². The van der Waals surface area contributed by atoms with Crippen molar-refractivity contribution in [1.29, 1.82) is 5.26 Å². The van der Waals surface area contributed by atoms with Gasteiger partial charge in [-0.3, -0.25) is 24.6 Å². The van der Waals surface area contributed by atoms with Gasteiger partial charge in [0.2, 0.25) is 11.8 Å². The van der Waals surface area contributed by atoms with Gasteiger partial charge in [-0.05, 0) is 67.5 Å². The summed E-state index contributed by atoms with van der Waals surface area (Å²) in [6.07, 6.45) is 5.53. The molecule has 2 aromatic heterocycles. The molecule has 7 rings (SSSR count). The summed E-state index contributed by atoms with van der Waals surface area (Å²) >= 11 is 6.60. The molecule has 0 spiro atoms. The standard InChI is InChI=1S/C36H39ClN8O4/c37-28-18-39-32(17-27(28)29-2-1-3-31(42-29)40-22-36(21-38)10-14-49-15-11-36)41-25-8-12-44(13-9-25)19-23-4-5-26-24(16-23)20-45(35(26)48)30-6-7-33(46)43-34(30)47/h1-5,16-18,25,30H,6-15,19-20,22H2,(H,39,41)(H,40,42)(H,43,46,47). The van der Waals surface area contributed by atoms with Crippen LogP contribution in [0.25, 0.3) is 11.3 Å². The lowest BCUT2D eigenvalue weighted by atomic mass is 9.82. The summed E-state index contributed by atoms with van der Waals surface area (Å²) in [6, 6.07) is 15.8. The Kier molecular flexibility index (Phi) is 9.49. The van der Waals surface area contributed by atoms with Crippen LogP contribution in [0.5, 0.6) is 0 Å². The first-order valence-electron chi connectivity index (χ1n) is 16.9.